The Morgan fingerprint density at radius 1 is 1.40 bits per heavy atom. The normalized spacial score (nSPS) is 17.7. The first-order valence-corrected chi connectivity index (χ1v) is 6.63. The molecule has 1 rings (SSSR count). The van der Waals surface area contributed by atoms with Gasteiger partial charge in [0.2, 0.25) is 0 Å². The summed E-state index contributed by atoms with van der Waals surface area (Å²) in [5, 5.41) is 8.59. The van der Waals surface area contributed by atoms with Crippen molar-refractivity contribution in [3.63, 3.8) is 0 Å². The van der Waals surface area contributed by atoms with Gasteiger partial charge >= 0.3 is 0 Å². The molecule has 0 radical (unpaired) electrons. The van der Waals surface area contributed by atoms with Gasteiger partial charge in [-0.3, -0.25) is 4.90 Å². The molecule has 0 bridgehead atoms. The molecule has 1 atom stereocenters. The summed E-state index contributed by atoms with van der Waals surface area (Å²) in [5.74, 6) is 1.76. The van der Waals surface area contributed by atoms with Crippen molar-refractivity contribution in [2.45, 2.75) is 45.1 Å². The molecule has 1 fully saturated rings. The van der Waals surface area contributed by atoms with Gasteiger partial charge in [0.1, 0.15) is 0 Å². The lowest BCUT2D eigenvalue weighted by Gasteiger charge is -2.22. The number of rotatable bonds is 8. The van der Waals surface area contributed by atoms with Gasteiger partial charge in [0.15, 0.2) is 0 Å². The van der Waals surface area contributed by atoms with Crippen molar-refractivity contribution in [1.29, 1.82) is 5.26 Å². The lowest BCUT2D eigenvalue weighted by Crippen LogP contribution is -2.29. The van der Waals surface area contributed by atoms with E-state index < -0.39 is 0 Å². The zero-order valence-corrected chi connectivity index (χ0v) is 10.5. The van der Waals surface area contributed by atoms with Crippen LogP contribution in [-0.4, -0.2) is 29.8 Å². The summed E-state index contributed by atoms with van der Waals surface area (Å²) < 4.78 is 0. The van der Waals surface area contributed by atoms with Crippen LogP contribution in [-0.2, 0) is 0 Å². The van der Waals surface area contributed by atoms with E-state index in [0.717, 1.165) is 24.3 Å². The van der Waals surface area contributed by atoms with E-state index in [4.69, 9.17) is 5.26 Å². The first-order valence-electron chi connectivity index (χ1n) is 5.99. The van der Waals surface area contributed by atoms with E-state index in [1.165, 1.54) is 32.2 Å². The number of hydrogen-bond acceptors (Lipinski definition) is 3. The van der Waals surface area contributed by atoms with Crippen LogP contribution in [0.15, 0.2) is 0 Å². The molecule has 3 heteroatoms. The first kappa shape index (κ1) is 12.9. The zero-order chi connectivity index (χ0) is 11.1. The van der Waals surface area contributed by atoms with E-state index in [1.807, 2.05) is 0 Å². The van der Waals surface area contributed by atoms with Crippen molar-refractivity contribution >= 4 is 12.6 Å². The van der Waals surface area contributed by atoms with Crippen molar-refractivity contribution in [2.75, 3.05) is 18.8 Å². The van der Waals surface area contributed by atoms with Crippen LogP contribution in [0.2, 0.25) is 0 Å². The third-order valence-corrected chi connectivity index (χ3v) is 3.36. The van der Waals surface area contributed by atoms with Gasteiger partial charge in [0, 0.05) is 19.0 Å². The lowest BCUT2D eigenvalue weighted by atomic mass is 10.0. The maximum absolute atomic E-state index is 8.59. The second-order valence-corrected chi connectivity index (χ2v) is 5.03. The van der Waals surface area contributed by atoms with E-state index >= 15 is 0 Å². The molecular formula is C12H22N2S. The Morgan fingerprint density at radius 3 is 2.67 bits per heavy atom. The fraction of sp³-hybridized carbons (Fsp3) is 0.917. The van der Waals surface area contributed by atoms with Crippen molar-refractivity contribution in [2.24, 2.45) is 5.92 Å². The quantitative estimate of drug-likeness (QED) is 0.644. The monoisotopic (exact) mass is 226 g/mol. The predicted octanol–water partition coefficient (Wildman–Crippen LogP) is 2.71. The van der Waals surface area contributed by atoms with Crippen molar-refractivity contribution < 1.29 is 0 Å². The first-order chi connectivity index (χ1) is 7.27. The van der Waals surface area contributed by atoms with Gasteiger partial charge in [-0.05, 0) is 43.9 Å². The fourth-order valence-corrected chi connectivity index (χ4v) is 2.30. The number of nitriles is 1. The Kier molecular flexibility index (Phi) is 6.12. The molecule has 1 unspecified atom stereocenters. The van der Waals surface area contributed by atoms with Crippen LogP contribution in [0.4, 0.5) is 0 Å². The SMILES string of the molecule is CC(CCS)CCN(CCC#N)C1CC1. The van der Waals surface area contributed by atoms with Crippen molar-refractivity contribution in [3.05, 3.63) is 0 Å². The van der Waals surface area contributed by atoms with Gasteiger partial charge in [0.25, 0.3) is 0 Å². The Bertz CT molecular complexity index is 208. The van der Waals surface area contributed by atoms with Crippen LogP contribution in [0.3, 0.4) is 0 Å². The zero-order valence-electron chi connectivity index (χ0n) is 9.65. The number of nitrogens with zero attached hydrogens (tertiary/aromatic N) is 2. The van der Waals surface area contributed by atoms with Crippen molar-refractivity contribution in [1.82, 2.24) is 4.90 Å². The van der Waals surface area contributed by atoms with E-state index in [1.54, 1.807) is 0 Å². The minimum atomic E-state index is 0.678. The van der Waals surface area contributed by atoms with E-state index in [0.29, 0.717) is 6.42 Å². The van der Waals surface area contributed by atoms with Gasteiger partial charge < -0.3 is 0 Å². The summed E-state index contributed by atoms with van der Waals surface area (Å²) in [6.45, 7) is 4.43. The molecule has 0 amide bonds. The summed E-state index contributed by atoms with van der Waals surface area (Å²) >= 11 is 4.26. The van der Waals surface area contributed by atoms with Crippen LogP contribution in [0.1, 0.15) is 39.0 Å². The molecule has 1 saturated carbocycles. The summed E-state index contributed by atoms with van der Waals surface area (Å²) in [4.78, 5) is 2.50. The molecule has 1 aliphatic carbocycles. The van der Waals surface area contributed by atoms with Gasteiger partial charge in [-0.15, -0.1) is 0 Å². The lowest BCUT2D eigenvalue weighted by molar-refractivity contribution is 0.249. The average molecular weight is 226 g/mol. The van der Waals surface area contributed by atoms with Gasteiger partial charge in [0.05, 0.1) is 6.07 Å². The highest BCUT2D eigenvalue weighted by Crippen LogP contribution is 2.27. The van der Waals surface area contributed by atoms with Gasteiger partial charge in [-0.1, -0.05) is 6.92 Å². The number of thiol groups is 1. The van der Waals surface area contributed by atoms with Crippen LogP contribution in [0.5, 0.6) is 0 Å². The molecule has 1 aliphatic rings. The standard InChI is InChI=1S/C12H22N2S/c1-11(6-10-15)5-9-14(8-2-7-13)12-3-4-12/h11-12,15H,2-6,8-10H2,1H3. The highest BCUT2D eigenvalue weighted by Gasteiger charge is 2.28. The van der Waals surface area contributed by atoms with Crippen LogP contribution in [0, 0.1) is 17.2 Å². The third-order valence-electron chi connectivity index (χ3n) is 3.11. The summed E-state index contributed by atoms with van der Waals surface area (Å²) in [7, 11) is 0. The Hall–Kier alpha value is -0.200. The topological polar surface area (TPSA) is 27.0 Å². The molecule has 0 aromatic heterocycles. The molecule has 0 saturated heterocycles. The molecule has 0 heterocycles. The fourth-order valence-electron chi connectivity index (χ4n) is 1.86. The molecule has 2 nitrogen and oxygen atoms in total. The summed E-state index contributed by atoms with van der Waals surface area (Å²) in [6, 6.07) is 3.03. The Balaban J connectivity index is 2.16. The maximum atomic E-state index is 8.59. The summed E-state index contributed by atoms with van der Waals surface area (Å²) in [6.07, 6.45) is 5.82. The molecule has 0 aliphatic heterocycles. The molecular weight excluding hydrogens is 204 g/mol. The highest BCUT2D eigenvalue weighted by atomic mass is 32.1. The van der Waals surface area contributed by atoms with E-state index in [2.05, 4.69) is 30.5 Å². The Labute approximate surface area is 99.1 Å². The van der Waals surface area contributed by atoms with Crippen LogP contribution >= 0.6 is 12.6 Å². The van der Waals surface area contributed by atoms with Crippen LogP contribution < -0.4 is 0 Å². The molecule has 0 N–H and O–H groups in total. The van der Waals surface area contributed by atoms with Crippen LogP contribution in [0.25, 0.3) is 0 Å². The highest BCUT2D eigenvalue weighted by molar-refractivity contribution is 7.80. The minimum absolute atomic E-state index is 0.678. The predicted molar refractivity (Wildman–Crippen MR) is 67.1 cm³/mol. The minimum Gasteiger partial charge on any atom is -0.299 e. The molecule has 0 aromatic carbocycles. The largest absolute Gasteiger partial charge is 0.299 e. The molecule has 0 spiro atoms. The van der Waals surface area contributed by atoms with Gasteiger partial charge in [-0.25, -0.2) is 0 Å². The van der Waals surface area contributed by atoms with Crippen molar-refractivity contribution in [3.8, 4) is 6.07 Å². The second-order valence-electron chi connectivity index (χ2n) is 4.58. The molecule has 86 valence electrons. The summed E-state index contributed by atoms with van der Waals surface area (Å²) in [5.41, 5.74) is 0. The van der Waals surface area contributed by atoms with E-state index in [-0.39, 0.29) is 0 Å². The van der Waals surface area contributed by atoms with E-state index in [9.17, 15) is 0 Å². The average Bonchev–Trinajstić information content (AvgIpc) is 3.02. The Morgan fingerprint density at radius 2 is 2.13 bits per heavy atom. The maximum Gasteiger partial charge on any atom is 0.0635 e. The second kappa shape index (κ2) is 7.14. The van der Waals surface area contributed by atoms with Gasteiger partial charge in [-0.2, -0.15) is 17.9 Å². The smallest absolute Gasteiger partial charge is 0.0635 e. The molecule has 15 heavy (non-hydrogen) atoms. The third kappa shape index (κ3) is 5.44. The number of hydrogen-bond donors (Lipinski definition) is 1. The molecule has 0 aromatic rings.